The second-order valence-corrected chi connectivity index (χ2v) is 5.15. The Balaban J connectivity index is 2.02. The lowest BCUT2D eigenvalue weighted by molar-refractivity contribution is 0.300. The highest BCUT2D eigenvalue weighted by atomic mass is 16.5. The maximum absolute atomic E-state index is 5.67. The molecule has 1 rings (SSSR count). The van der Waals surface area contributed by atoms with Crippen LogP contribution in [0.1, 0.15) is 39.5 Å². The van der Waals surface area contributed by atoms with Crippen LogP contribution in [-0.2, 0) is 0 Å². The molecule has 2 heteroatoms. The van der Waals surface area contributed by atoms with Crippen LogP contribution in [0, 0.1) is 5.92 Å². The summed E-state index contributed by atoms with van der Waals surface area (Å²) in [5.74, 6) is 1.70. The van der Waals surface area contributed by atoms with Gasteiger partial charge in [0, 0.05) is 6.04 Å². The zero-order valence-electron chi connectivity index (χ0n) is 12.0. The van der Waals surface area contributed by atoms with Gasteiger partial charge in [-0.2, -0.15) is 0 Å². The van der Waals surface area contributed by atoms with Crippen LogP contribution in [0.15, 0.2) is 30.3 Å². The van der Waals surface area contributed by atoms with E-state index in [0.717, 1.165) is 24.7 Å². The summed E-state index contributed by atoms with van der Waals surface area (Å²) in [4.78, 5) is 0. The van der Waals surface area contributed by atoms with E-state index >= 15 is 0 Å². The average Bonchev–Trinajstić information content (AvgIpc) is 2.38. The van der Waals surface area contributed by atoms with E-state index in [1.165, 1.54) is 19.3 Å². The fourth-order valence-electron chi connectivity index (χ4n) is 2.16. The maximum Gasteiger partial charge on any atom is 0.119 e. The molecule has 0 aliphatic carbocycles. The molecule has 0 saturated heterocycles. The Morgan fingerprint density at radius 3 is 2.39 bits per heavy atom. The lowest BCUT2D eigenvalue weighted by Crippen LogP contribution is -2.30. The molecule has 2 nitrogen and oxygen atoms in total. The van der Waals surface area contributed by atoms with Gasteiger partial charge in [0.25, 0.3) is 0 Å². The molecular weight excluding hydrogens is 222 g/mol. The van der Waals surface area contributed by atoms with Gasteiger partial charge in [0.2, 0.25) is 0 Å². The standard InChI is InChI=1S/C16H27NO/c1-14(2)16(17-3)12-8-5-9-13-18-15-10-6-4-7-11-15/h4,6-7,10-11,14,16-17H,5,8-9,12-13H2,1-3H3. The van der Waals surface area contributed by atoms with E-state index in [-0.39, 0.29) is 0 Å². The Hall–Kier alpha value is -1.02. The number of para-hydroxylation sites is 1. The summed E-state index contributed by atoms with van der Waals surface area (Å²) in [5.41, 5.74) is 0. The monoisotopic (exact) mass is 249 g/mol. The van der Waals surface area contributed by atoms with Crippen LogP contribution in [0.2, 0.25) is 0 Å². The highest BCUT2D eigenvalue weighted by molar-refractivity contribution is 5.20. The van der Waals surface area contributed by atoms with Crippen molar-refractivity contribution in [3.63, 3.8) is 0 Å². The first-order valence-corrected chi connectivity index (χ1v) is 7.09. The average molecular weight is 249 g/mol. The second-order valence-electron chi connectivity index (χ2n) is 5.15. The lowest BCUT2D eigenvalue weighted by Gasteiger charge is -2.19. The number of unbranched alkanes of at least 4 members (excludes halogenated alkanes) is 2. The van der Waals surface area contributed by atoms with Gasteiger partial charge < -0.3 is 10.1 Å². The summed E-state index contributed by atoms with van der Waals surface area (Å²) in [7, 11) is 2.06. The summed E-state index contributed by atoms with van der Waals surface area (Å²) >= 11 is 0. The van der Waals surface area contributed by atoms with Crippen molar-refractivity contribution in [3.8, 4) is 5.75 Å². The first kappa shape index (κ1) is 15.0. The minimum atomic E-state index is 0.653. The fraction of sp³-hybridized carbons (Fsp3) is 0.625. The van der Waals surface area contributed by atoms with E-state index in [4.69, 9.17) is 4.74 Å². The van der Waals surface area contributed by atoms with Crippen molar-refractivity contribution < 1.29 is 4.74 Å². The molecule has 0 aromatic heterocycles. The summed E-state index contributed by atoms with van der Waals surface area (Å²) < 4.78 is 5.67. The van der Waals surface area contributed by atoms with Gasteiger partial charge in [-0.05, 0) is 37.9 Å². The first-order chi connectivity index (χ1) is 8.74. The summed E-state index contributed by atoms with van der Waals surface area (Å²) in [6.07, 6.45) is 4.93. The lowest BCUT2D eigenvalue weighted by atomic mass is 9.98. The summed E-state index contributed by atoms with van der Waals surface area (Å²) in [5, 5.41) is 3.39. The number of hydrogen-bond donors (Lipinski definition) is 1. The third-order valence-corrected chi connectivity index (χ3v) is 3.35. The molecule has 0 bridgehead atoms. The van der Waals surface area contributed by atoms with Crippen molar-refractivity contribution in [3.05, 3.63) is 30.3 Å². The van der Waals surface area contributed by atoms with Crippen LogP contribution in [0.5, 0.6) is 5.75 Å². The van der Waals surface area contributed by atoms with E-state index in [1.807, 2.05) is 30.3 Å². The molecule has 1 aromatic rings. The van der Waals surface area contributed by atoms with Gasteiger partial charge in [-0.3, -0.25) is 0 Å². The van der Waals surface area contributed by atoms with E-state index in [9.17, 15) is 0 Å². The van der Waals surface area contributed by atoms with E-state index in [2.05, 4.69) is 26.2 Å². The smallest absolute Gasteiger partial charge is 0.119 e. The molecule has 1 N–H and O–H groups in total. The zero-order valence-corrected chi connectivity index (χ0v) is 12.0. The largest absolute Gasteiger partial charge is 0.494 e. The van der Waals surface area contributed by atoms with Gasteiger partial charge in [0.15, 0.2) is 0 Å². The summed E-state index contributed by atoms with van der Waals surface area (Å²) in [6.45, 7) is 5.38. The molecule has 102 valence electrons. The SMILES string of the molecule is CNC(CCCCCOc1ccccc1)C(C)C. The van der Waals surface area contributed by atoms with Gasteiger partial charge >= 0.3 is 0 Å². The minimum Gasteiger partial charge on any atom is -0.494 e. The normalized spacial score (nSPS) is 12.7. The van der Waals surface area contributed by atoms with Crippen molar-refractivity contribution >= 4 is 0 Å². The summed E-state index contributed by atoms with van der Waals surface area (Å²) in [6, 6.07) is 10.7. The van der Waals surface area contributed by atoms with Crippen LogP contribution >= 0.6 is 0 Å². The number of nitrogens with one attached hydrogen (secondary N) is 1. The highest BCUT2D eigenvalue weighted by Crippen LogP contribution is 2.12. The maximum atomic E-state index is 5.67. The third kappa shape index (κ3) is 6.06. The molecule has 0 aliphatic heterocycles. The van der Waals surface area contributed by atoms with Crippen molar-refractivity contribution in [2.75, 3.05) is 13.7 Å². The van der Waals surface area contributed by atoms with Crippen LogP contribution in [0.25, 0.3) is 0 Å². The number of ether oxygens (including phenoxy) is 1. The number of rotatable bonds is 9. The Morgan fingerprint density at radius 2 is 1.78 bits per heavy atom. The molecule has 0 aliphatic rings. The van der Waals surface area contributed by atoms with E-state index < -0.39 is 0 Å². The van der Waals surface area contributed by atoms with Crippen LogP contribution < -0.4 is 10.1 Å². The van der Waals surface area contributed by atoms with Gasteiger partial charge in [-0.15, -0.1) is 0 Å². The predicted octanol–water partition coefficient (Wildman–Crippen LogP) is 3.87. The zero-order chi connectivity index (χ0) is 13.2. The molecule has 1 unspecified atom stereocenters. The highest BCUT2D eigenvalue weighted by Gasteiger charge is 2.09. The molecule has 1 aromatic carbocycles. The molecule has 0 fully saturated rings. The van der Waals surface area contributed by atoms with Crippen molar-refractivity contribution in [1.29, 1.82) is 0 Å². The number of hydrogen-bond acceptors (Lipinski definition) is 2. The molecule has 18 heavy (non-hydrogen) atoms. The third-order valence-electron chi connectivity index (χ3n) is 3.35. The van der Waals surface area contributed by atoms with Crippen LogP contribution in [0.3, 0.4) is 0 Å². The van der Waals surface area contributed by atoms with Crippen LogP contribution in [-0.4, -0.2) is 19.7 Å². The van der Waals surface area contributed by atoms with Crippen LogP contribution in [0.4, 0.5) is 0 Å². The van der Waals surface area contributed by atoms with Gasteiger partial charge in [0.05, 0.1) is 6.61 Å². The Bertz CT molecular complexity index is 297. The van der Waals surface area contributed by atoms with E-state index in [0.29, 0.717) is 6.04 Å². The van der Waals surface area contributed by atoms with Crippen molar-refractivity contribution in [2.45, 2.75) is 45.6 Å². The number of benzene rings is 1. The van der Waals surface area contributed by atoms with Crippen molar-refractivity contribution in [1.82, 2.24) is 5.32 Å². The molecule has 0 spiro atoms. The molecular formula is C16H27NO. The molecule has 0 heterocycles. The molecule has 0 amide bonds. The van der Waals surface area contributed by atoms with Gasteiger partial charge in [-0.25, -0.2) is 0 Å². The minimum absolute atomic E-state index is 0.653. The van der Waals surface area contributed by atoms with Gasteiger partial charge in [-0.1, -0.05) is 44.9 Å². The quantitative estimate of drug-likeness (QED) is 0.671. The topological polar surface area (TPSA) is 21.3 Å². The Morgan fingerprint density at radius 1 is 1.06 bits per heavy atom. The van der Waals surface area contributed by atoms with E-state index in [1.54, 1.807) is 0 Å². The Labute approximate surface area is 112 Å². The molecule has 0 saturated carbocycles. The van der Waals surface area contributed by atoms with Gasteiger partial charge in [0.1, 0.15) is 5.75 Å². The Kier molecular flexibility index (Phi) is 7.51. The molecule has 0 radical (unpaired) electrons. The first-order valence-electron chi connectivity index (χ1n) is 7.09. The molecule has 1 atom stereocenters. The fourth-order valence-corrected chi connectivity index (χ4v) is 2.16. The predicted molar refractivity (Wildman–Crippen MR) is 78.1 cm³/mol. The second kappa shape index (κ2) is 8.98. The van der Waals surface area contributed by atoms with Crippen molar-refractivity contribution in [2.24, 2.45) is 5.92 Å².